The molecule has 1 aliphatic rings. The van der Waals surface area contributed by atoms with Crippen LogP contribution in [0.5, 0.6) is 0 Å². The minimum Gasteiger partial charge on any atom is -0.300 e. The number of rotatable bonds is 4. The molecule has 0 saturated heterocycles. The molecule has 4 rings (SSSR count). The third kappa shape index (κ3) is 2.91. The number of allylic oxidation sites excluding steroid dienone is 2. The molecule has 0 amide bonds. The molecule has 0 aliphatic heterocycles. The Balaban J connectivity index is 2.00. The van der Waals surface area contributed by atoms with Crippen molar-refractivity contribution in [1.29, 1.82) is 0 Å². The molecule has 0 unspecified atom stereocenters. The predicted octanol–water partition coefficient (Wildman–Crippen LogP) is 5.04. The lowest BCUT2D eigenvalue weighted by Gasteiger charge is -2.22. The fourth-order valence-electron chi connectivity index (χ4n) is 3.69. The Bertz CT molecular complexity index is 1130. The molecule has 0 radical (unpaired) electrons. The van der Waals surface area contributed by atoms with E-state index in [4.69, 9.17) is 0 Å². The zero-order valence-electron chi connectivity index (χ0n) is 15.0. The van der Waals surface area contributed by atoms with Crippen LogP contribution in [0.25, 0.3) is 16.3 Å². The van der Waals surface area contributed by atoms with Crippen LogP contribution in [0.15, 0.2) is 72.3 Å². The van der Waals surface area contributed by atoms with E-state index in [1.807, 2.05) is 42.5 Å². The molecule has 0 saturated carbocycles. The van der Waals surface area contributed by atoms with Gasteiger partial charge >= 0.3 is 0 Å². The van der Waals surface area contributed by atoms with Gasteiger partial charge in [-0.3, -0.25) is 9.59 Å². The molecule has 0 N–H and O–H groups in total. The van der Waals surface area contributed by atoms with Crippen LogP contribution in [0.4, 0.5) is 0 Å². The molecule has 0 atom stereocenters. The van der Waals surface area contributed by atoms with Crippen LogP contribution < -0.4 is 0 Å². The van der Waals surface area contributed by atoms with Gasteiger partial charge in [0.2, 0.25) is 0 Å². The number of hydrogen-bond acceptors (Lipinski definition) is 3. The summed E-state index contributed by atoms with van der Waals surface area (Å²) in [5, 5.41) is 1.93. The highest BCUT2D eigenvalue weighted by atomic mass is 16.1. The molecule has 0 fully saturated rings. The minimum atomic E-state index is -0.158. The molecule has 132 valence electrons. The second kappa shape index (κ2) is 6.76. The van der Waals surface area contributed by atoms with Crippen molar-refractivity contribution >= 4 is 33.7 Å². The highest BCUT2D eigenvalue weighted by Gasteiger charge is 2.33. The van der Waals surface area contributed by atoms with E-state index < -0.39 is 0 Å². The van der Waals surface area contributed by atoms with Crippen LogP contribution in [-0.2, 0) is 4.79 Å². The highest BCUT2D eigenvalue weighted by Crippen LogP contribution is 2.37. The maximum Gasteiger partial charge on any atom is 0.194 e. The number of hydrogen-bond donors (Lipinski definition) is 0. The van der Waals surface area contributed by atoms with Gasteiger partial charge in [0.1, 0.15) is 5.78 Å². The lowest BCUT2D eigenvalue weighted by atomic mass is 9.78. The molecular formula is C24H18O3. The Morgan fingerprint density at radius 1 is 0.741 bits per heavy atom. The van der Waals surface area contributed by atoms with Crippen molar-refractivity contribution in [3.63, 3.8) is 0 Å². The molecule has 0 heterocycles. The Morgan fingerprint density at radius 2 is 1.33 bits per heavy atom. The maximum atomic E-state index is 13.4. The first-order valence-electron chi connectivity index (χ1n) is 8.97. The molecule has 0 spiro atoms. The normalized spacial score (nSPS) is 13.8. The van der Waals surface area contributed by atoms with Crippen LogP contribution in [0.1, 0.15) is 46.0 Å². The summed E-state index contributed by atoms with van der Waals surface area (Å²) >= 11 is 0. The summed E-state index contributed by atoms with van der Waals surface area (Å²) in [5.74, 6) is -0.312. The first-order valence-corrected chi connectivity index (χ1v) is 8.97. The minimum absolute atomic E-state index is 0.00104. The maximum absolute atomic E-state index is 13.4. The standard InChI is InChI=1S/C24H18O3/c1-15(25)13-14-21-22(18-12-6-8-16-7-2-3-9-17(16)18)24(27)20-11-5-4-10-19(20)23(21)26/h2-12H,13-14H2,1H3. The summed E-state index contributed by atoms with van der Waals surface area (Å²) in [4.78, 5) is 38.1. The summed E-state index contributed by atoms with van der Waals surface area (Å²) in [6, 6.07) is 20.5. The Morgan fingerprint density at radius 3 is 2.07 bits per heavy atom. The lowest BCUT2D eigenvalue weighted by Crippen LogP contribution is -2.22. The third-order valence-electron chi connectivity index (χ3n) is 5.01. The zero-order valence-corrected chi connectivity index (χ0v) is 15.0. The Kier molecular flexibility index (Phi) is 4.28. The van der Waals surface area contributed by atoms with Crippen LogP contribution in [0.2, 0.25) is 0 Å². The van der Waals surface area contributed by atoms with E-state index in [0.29, 0.717) is 22.3 Å². The average Bonchev–Trinajstić information content (AvgIpc) is 2.69. The van der Waals surface area contributed by atoms with Gasteiger partial charge in [-0.05, 0) is 29.7 Å². The number of fused-ring (bicyclic) bond motifs is 2. The topological polar surface area (TPSA) is 51.2 Å². The van der Waals surface area contributed by atoms with Gasteiger partial charge in [0.25, 0.3) is 0 Å². The van der Waals surface area contributed by atoms with Crippen molar-refractivity contribution in [2.45, 2.75) is 19.8 Å². The number of carbonyl (C=O) groups is 3. The van der Waals surface area contributed by atoms with Gasteiger partial charge < -0.3 is 4.79 Å². The summed E-state index contributed by atoms with van der Waals surface area (Å²) in [6.07, 6.45) is 0.511. The second-order valence-corrected chi connectivity index (χ2v) is 6.79. The monoisotopic (exact) mass is 354 g/mol. The van der Waals surface area contributed by atoms with Crippen LogP contribution >= 0.6 is 0 Å². The highest BCUT2D eigenvalue weighted by molar-refractivity contribution is 6.41. The van der Waals surface area contributed by atoms with E-state index in [0.717, 1.165) is 16.3 Å². The fourth-order valence-corrected chi connectivity index (χ4v) is 3.69. The molecule has 0 aromatic heterocycles. The molecule has 1 aliphatic carbocycles. The third-order valence-corrected chi connectivity index (χ3v) is 5.01. The second-order valence-electron chi connectivity index (χ2n) is 6.79. The predicted molar refractivity (Wildman–Crippen MR) is 106 cm³/mol. The Labute approximate surface area is 157 Å². The van der Waals surface area contributed by atoms with Crippen molar-refractivity contribution in [2.24, 2.45) is 0 Å². The van der Waals surface area contributed by atoms with Crippen molar-refractivity contribution in [2.75, 3.05) is 0 Å². The number of carbonyl (C=O) groups excluding carboxylic acids is 3. The number of benzene rings is 3. The molecule has 3 aromatic rings. The quantitative estimate of drug-likeness (QED) is 0.659. The first-order chi connectivity index (χ1) is 13.1. The first kappa shape index (κ1) is 17.1. The number of Topliss-reactive ketones (excluding diaryl/α,β-unsaturated/α-hetero) is 3. The summed E-state index contributed by atoms with van der Waals surface area (Å²) in [5.41, 5.74) is 2.46. The van der Waals surface area contributed by atoms with Gasteiger partial charge in [0.05, 0.1) is 0 Å². The molecule has 27 heavy (non-hydrogen) atoms. The van der Waals surface area contributed by atoms with Crippen molar-refractivity contribution in [1.82, 2.24) is 0 Å². The number of ketones is 3. The zero-order chi connectivity index (χ0) is 19.0. The van der Waals surface area contributed by atoms with Crippen LogP contribution in [0, 0.1) is 0 Å². The van der Waals surface area contributed by atoms with E-state index in [9.17, 15) is 14.4 Å². The van der Waals surface area contributed by atoms with Crippen molar-refractivity contribution < 1.29 is 14.4 Å². The SMILES string of the molecule is CC(=O)CCC1=C(c2cccc3ccccc23)C(=O)c2ccccc2C1=O. The van der Waals surface area contributed by atoms with E-state index in [1.165, 1.54) is 6.92 Å². The summed E-state index contributed by atoms with van der Waals surface area (Å²) in [7, 11) is 0. The summed E-state index contributed by atoms with van der Waals surface area (Å²) in [6.45, 7) is 1.50. The van der Waals surface area contributed by atoms with Gasteiger partial charge in [-0.15, -0.1) is 0 Å². The summed E-state index contributed by atoms with van der Waals surface area (Å²) < 4.78 is 0. The molecule has 3 nitrogen and oxygen atoms in total. The van der Waals surface area contributed by atoms with Gasteiger partial charge in [-0.25, -0.2) is 0 Å². The Hall–Kier alpha value is -3.33. The van der Waals surface area contributed by atoms with E-state index >= 15 is 0 Å². The van der Waals surface area contributed by atoms with Crippen molar-refractivity contribution in [3.8, 4) is 0 Å². The van der Waals surface area contributed by atoms with Gasteiger partial charge in [0.15, 0.2) is 11.6 Å². The van der Waals surface area contributed by atoms with Gasteiger partial charge in [-0.1, -0.05) is 66.7 Å². The molecule has 3 aromatic carbocycles. The van der Waals surface area contributed by atoms with Crippen molar-refractivity contribution in [3.05, 3.63) is 89.0 Å². The smallest absolute Gasteiger partial charge is 0.194 e. The molecule has 3 heteroatoms. The van der Waals surface area contributed by atoms with E-state index in [2.05, 4.69) is 0 Å². The van der Waals surface area contributed by atoms with E-state index in [1.54, 1.807) is 24.3 Å². The van der Waals surface area contributed by atoms with Gasteiger partial charge in [0, 0.05) is 28.7 Å². The van der Waals surface area contributed by atoms with Gasteiger partial charge in [-0.2, -0.15) is 0 Å². The van der Waals surface area contributed by atoms with E-state index in [-0.39, 0.29) is 30.2 Å². The lowest BCUT2D eigenvalue weighted by molar-refractivity contribution is -0.116. The largest absolute Gasteiger partial charge is 0.300 e. The average molecular weight is 354 g/mol. The fraction of sp³-hybridized carbons (Fsp3) is 0.125. The molecule has 0 bridgehead atoms. The molecular weight excluding hydrogens is 336 g/mol. The van der Waals surface area contributed by atoms with Crippen LogP contribution in [0.3, 0.4) is 0 Å². The van der Waals surface area contributed by atoms with Crippen LogP contribution in [-0.4, -0.2) is 17.3 Å².